The average Bonchev–Trinajstić information content (AvgIpc) is 2.76. The Hall–Kier alpha value is -0.890. The third kappa shape index (κ3) is 3.32. The van der Waals surface area contributed by atoms with E-state index < -0.39 is 10.2 Å². The molecule has 1 aromatic heterocycles. The van der Waals surface area contributed by atoms with Crippen molar-refractivity contribution in [1.82, 2.24) is 9.21 Å². The van der Waals surface area contributed by atoms with Crippen molar-refractivity contribution in [3.63, 3.8) is 0 Å². The van der Waals surface area contributed by atoms with E-state index in [0.717, 1.165) is 24.5 Å². The predicted octanol–water partition coefficient (Wildman–Crippen LogP) is 0.163. The SMILES string of the molecule is CCc1ccc(CN2CCN(S(N)(=O)=O)CC2)o1. The van der Waals surface area contributed by atoms with Crippen molar-refractivity contribution in [1.29, 1.82) is 0 Å². The molecule has 102 valence electrons. The van der Waals surface area contributed by atoms with Gasteiger partial charge < -0.3 is 4.42 Å². The zero-order chi connectivity index (χ0) is 13.2. The van der Waals surface area contributed by atoms with Crippen LogP contribution in [0.2, 0.25) is 0 Å². The number of furan rings is 1. The van der Waals surface area contributed by atoms with Gasteiger partial charge in [-0.25, -0.2) is 5.14 Å². The largest absolute Gasteiger partial charge is 0.465 e. The predicted molar refractivity (Wildman–Crippen MR) is 68.0 cm³/mol. The van der Waals surface area contributed by atoms with E-state index >= 15 is 0 Å². The van der Waals surface area contributed by atoms with E-state index in [9.17, 15) is 8.42 Å². The standard InChI is InChI=1S/C11H19N3O3S/c1-2-10-3-4-11(17-10)9-13-5-7-14(8-6-13)18(12,15)16/h3-4H,2,5-9H2,1H3,(H2,12,15,16). The number of aryl methyl sites for hydroxylation is 1. The molecule has 0 atom stereocenters. The van der Waals surface area contributed by atoms with E-state index in [1.165, 1.54) is 4.31 Å². The first kappa shape index (κ1) is 13.5. The molecule has 0 aromatic carbocycles. The van der Waals surface area contributed by atoms with E-state index in [-0.39, 0.29) is 0 Å². The van der Waals surface area contributed by atoms with Crippen LogP contribution in [0.3, 0.4) is 0 Å². The Morgan fingerprint density at radius 1 is 1.22 bits per heavy atom. The lowest BCUT2D eigenvalue weighted by atomic mass is 10.3. The van der Waals surface area contributed by atoms with Gasteiger partial charge in [-0.3, -0.25) is 4.90 Å². The smallest absolute Gasteiger partial charge is 0.276 e. The van der Waals surface area contributed by atoms with E-state index in [2.05, 4.69) is 4.90 Å². The van der Waals surface area contributed by atoms with E-state index in [1.54, 1.807) is 0 Å². The Morgan fingerprint density at radius 2 is 1.83 bits per heavy atom. The van der Waals surface area contributed by atoms with Gasteiger partial charge >= 0.3 is 0 Å². The number of rotatable bonds is 4. The van der Waals surface area contributed by atoms with Crippen LogP contribution in [-0.4, -0.2) is 43.8 Å². The topological polar surface area (TPSA) is 79.8 Å². The van der Waals surface area contributed by atoms with Crippen LogP contribution in [0, 0.1) is 0 Å². The van der Waals surface area contributed by atoms with Crippen molar-refractivity contribution in [2.75, 3.05) is 26.2 Å². The van der Waals surface area contributed by atoms with Gasteiger partial charge in [-0.2, -0.15) is 12.7 Å². The van der Waals surface area contributed by atoms with Crippen molar-refractivity contribution < 1.29 is 12.8 Å². The van der Waals surface area contributed by atoms with Crippen molar-refractivity contribution in [3.05, 3.63) is 23.7 Å². The second kappa shape index (κ2) is 5.40. The van der Waals surface area contributed by atoms with Crippen molar-refractivity contribution in [2.45, 2.75) is 19.9 Å². The summed E-state index contributed by atoms with van der Waals surface area (Å²) in [5.41, 5.74) is 0. The lowest BCUT2D eigenvalue weighted by Crippen LogP contribution is -2.50. The van der Waals surface area contributed by atoms with Crippen LogP contribution in [0.1, 0.15) is 18.4 Å². The lowest BCUT2D eigenvalue weighted by molar-refractivity contribution is 0.170. The molecule has 0 unspecified atom stereocenters. The van der Waals surface area contributed by atoms with Crippen LogP contribution in [0.15, 0.2) is 16.5 Å². The zero-order valence-corrected chi connectivity index (χ0v) is 11.3. The van der Waals surface area contributed by atoms with Gasteiger partial charge in [0.1, 0.15) is 11.5 Å². The molecule has 2 rings (SSSR count). The third-order valence-corrected chi connectivity index (χ3v) is 4.22. The molecule has 0 amide bonds. The highest BCUT2D eigenvalue weighted by atomic mass is 32.2. The van der Waals surface area contributed by atoms with Crippen LogP contribution in [0.25, 0.3) is 0 Å². The minimum Gasteiger partial charge on any atom is -0.465 e. The molecular formula is C11H19N3O3S. The van der Waals surface area contributed by atoms with Gasteiger partial charge in [0.15, 0.2) is 0 Å². The first-order valence-electron chi connectivity index (χ1n) is 6.07. The molecule has 0 radical (unpaired) electrons. The van der Waals surface area contributed by atoms with Crippen LogP contribution >= 0.6 is 0 Å². The summed E-state index contributed by atoms with van der Waals surface area (Å²) in [7, 11) is -3.54. The molecule has 7 heteroatoms. The van der Waals surface area contributed by atoms with Gasteiger partial charge in [-0.05, 0) is 12.1 Å². The van der Waals surface area contributed by atoms with Crippen LogP contribution in [0.5, 0.6) is 0 Å². The summed E-state index contributed by atoms with van der Waals surface area (Å²) in [6, 6.07) is 3.96. The number of hydrogen-bond donors (Lipinski definition) is 1. The van der Waals surface area contributed by atoms with Crippen LogP contribution < -0.4 is 5.14 Å². The van der Waals surface area contributed by atoms with Gasteiger partial charge in [0.05, 0.1) is 6.54 Å². The Labute approximate surface area is 108 Å². The molecule has 6 nitrogen and oxygen atoms in total. The Balaban J connectivity index is 1.87. The summed E-state index contributed by atoms with van der Waals surface area (Å²) in [6.45, 7) is 5.02. The number of nitrogens with zero attached hydrogens (tertiary/aromatic N) is 2. The van der Waals surface area contributed by atoms with Gasteiger partial charge in [0.25, 0.3) is 10.2 Å². The van der Waals surface area contributed by atoms with Crippen LogP contribution in [-0.2, 0) is 23.2 Å². The van der Waals surface area contributed by atoms with Crippen molar-refractivity contribution in [3.8, 4) is 0 Å². The Morgan fingerprint density at radius 3 is 2.33 bits per heavy atom. The first-order chi connectivity index (χ1) is 8.49. The number of hydrogen-bond acceptors (Lipinski definition) is 4. The highest BCUT2D eigenvalue weighted by Gasteiger charge is 2.24. The molecule has 0 bridgehead atoms. The van der Waals surface area contributed by atoms with Crippen molar-refractivity contribution in [2.24, 2.45) is 5.14 Å². The summed E-state index contributed by atoms with van der Waals surface area (Å²) in [6.07, 6.45) is 0.888. The summed E-state index contributed by atoms with van der Waals surface area (Å²) in [5, 5.41) is 5.09. The van der Waals surface area contributed by atoms with Gasteiger partial charge in [-0.15, -0.1) is 0 Å². The summed E-state index contributed by atoms with van der Waals surface area (Å²) >= 11 is 0. The third-order valence-electron chi connectivity index (χ3n) is 3.14. The van der Waals surface area contributed by atoms with Gasteiger partial charge in [-0.1, -0.05) is 6.92 Å². The minimum atomic E-state index is -3.54. The van der Waals surface area contributed by atoms with E-state index in [0.29, 0.717) is 26.2 Å². The molecule has 0 spiro atoms. The molecule has 1 fully saturated rings. The van der Waals surface area contributed by atoms with Gasteiger partial charge in [0.2, 0.25) is 0 Å². The quantitative estimate of drug-likeness (QED) is 0.847. The maximum atomic E-state index is 11.2. The molecular weight excluding hydrogens is 254 g/mol. The molecule has 2 heterocycles. The maximum absolute atomic E-state index is 11.2. The van der Waals surface area contributed by atoms with Gasteiger partial charge in [0, 0.05) is 32.6 Å². The summed E-state index contributed by atoms with van der Waals surface area (Å²) < 4.78 is 29.3. The highest BCUT2D eigenvalue weighted by Crippen LogP contribution is 2.13. The normalized spacial score (nSPS) is 19.2. The highest BCUT2D eigenvalue weighted by molar-refractivity contribution is 7.86. The minimum absolute atomic E-state index is 0.445. The second-order valence-corrected chi connectivity index (χ2v) is 5.99. The van der Waals surface area contributed by atoms with E-state index in [4.69, 9.17) is 9.56 Å². The lowest BCUT2D eigenvalue weighted by Gasteiger charge is -2.32. The summed E-state index contributed by atoms with van der Waals surface area (Å²) in [4.78, 5) is 2.17. The average molecular weight is 273 g/mol. The molecule has 1 aromatic rings. The number of nitrogens with two attached hydrogens (primary N) is 1. The second-order valence-electron chi connectivity index (χ2n) is 4.44. The maximum Gasteiger partial charge on any atom is 0.276 e. The fourth-order valence-corrected chi connectivity index (χ4v) is 2.73. The molecule has 1 saturated heterocycles. The zero-order valence-electron chi connectivity index (χ0n) is 10.5. The molecule has 0 aliphatic carbocycles. The number of piperazine rings is 1. The molecule has 1 aliphatic rings. The molecule has 18 heavy (non-hydrogen) atoms. The first-order valence-corrected chi connectivity index (χ1v) is 7.57. The monoisotopic (exact) mass is 273 g/mol. The molecule has 0 saturated carbocycles. The Bertz CT molecular complexity index is 489. The summed E-state index contributed by atoms with van der Waals surface area (Å²) in [5.74, 6) is 1.91. The Kier molecular flexibility index (Phi) is 4.06. The fraction of sp³-hybridized carbons (Fsp3) is 0.636. The van der Waals surface area contributed by atoms with Crippen LogP contribution in [0.4, 0.5) is 0 Å². The molecule has 2 N–H and O–H groups in total. The fourth-order valence-electron chi connectivity index (χ4n) is 2.06. The molecule has 1 aliphatic heterocycles. The van der Waals surface area contributed by atoms with Crippen molar-refractivity contribution >= 4 is 10.2 Å². The van der Waals surface area contributed by atoms with E-state index in [1.807, 2.05) is 19.1 Å².